The van der Waals surface area contributed by atoms with Gasteiger partial charge in [-0.3, -0.25) is 0 Å². The number of nitrogens with two attached hydrogens (primary N) is 1. The van der Waals surface area contributed by atoms with Crippen molar-refractivity contribution in [3.05, 3.63) is 54.6 Å². The molecule has 1 unspecified atom stereocenters. The van der Waals surface area contributed by atoms with Crippen molar-refractivity contribution >= 4 is 50.5 Å². The van der Waals surface area contributed by atoms with Gasteiger partial charge < -0.3 is 5.73 Å². The summed E-state index contributed by atoms with van der Waals surface area (Å²) in [6.45, 7) is 0. The Labute approximate surface area is 123 Å². The maximum atomic E-state index is 6.15. The standard InChI is InChI=1S/C12H10BrCl2NS/c13-7-3-9(17-6-7)5-12(16)10-4-8(14)1-2-11(10)15/h1-4,6,12H,5,16H2. The minimum absolute atomic E-state index is 0.133. The Kier molecular flexibility index (Phi) is 4.50. The number of halogens is 3. The predicted molar refractivity (Wildman–Crippen MR) is 79.1 cm³/mol. The van der Waals surface area contributed by atoms with Crippen LogP contribution in [0.4, 0.5) is 0 Å². The highest BCUT2D eigenvalue weighted by Gasteiger charge is 2.12. The molecule has 17 heavy (non-hydrogen) atoms. The minimum atomic E-state index is -0.133. The summed E-state index contributed by atoms with van der Waals surface area (Å²) in [5.74, 6) is 0. The smallest absolute Gasteiger partial charge is 0.0454 e. The first-order valence-electron chi connectivity index (χ1n) is 4.99. The van der Waals surface area contributed by atoms with Crippen LogP contribution in [-0.4, -0.2) is 0 Å². The van der Waals surface area contributed by atoms with Crippen molar-refractivity contribution in [3.63, 3.8) is 0 Å². The SMILES string of the molecule is NC(Cc1cc(Br)cs1)c1cc(Cl)ccc1Cl. The third-order valence-corrected chi connectivity index (χ3v) is 4.70. The number of thiophene rings is 1. The van der Waals surface area contributed by atoms with E-state index < -0.39 is 0 Å². The fourth-order valence-electron chi connectivity index (χ4n) is 1.59. The number of hydrogen-bond acceptors (Lipinski definition) is 2. The molecule has 1 nitrogen and oxygen atoms in total. The molecule has 2 N–H and O–H groups in total. The molecule has 0 saturated carbocycles. The van der Waals surface area contributed by atoms with Gasteiger partial charge in [0.2, 0.25) is 0 Å². The third kappa shape index (κ3) is 3.46. The molecule has 0 amide bonds. The summed E-state index contributed by atoms with van der Waals surface area (Å²) in [7, 11) is 0. The van der Waals surface area contributed by atoms with Crippen LogP contribution in [0.25, 0.3) is 0 Å². The molecule has 5 heteroatoms. The lowest BCUT2D eigenvalue weighted by Crippen LogP contribution is -2.13. The van der Waals surface area contributed by atoms with E-state index in [1.54, 1.807) is 23.5 Å². The van der Waals surface area contributed by atoms with Gasteiger partial charge in [-0.1, -0.05) is 23.2 Å². The Morgan fingerprint density at radius 3 is 2.71 bits per heavy atom. The highest BCUT2D eigenvalue weighted by molar-refractivity contribution is 9.10. The highest BCUT2D eigenvalue weighted by Crippen LogP contribution is 2.29. The first-order chi connectivity index (χ1) is 8.06. The van der Waals surface area contributed by atoms with Gasteiger partial charge in [-0.15, -0.1) is 11.3 Å². The average Bonchev–Trinajstić information content (AvgIpc) is 2.67. The molecule has 0 spiro atoms. The van der Waals surface area contributed by atoms with Gasteiger partial charge in [-0.05, 0) is 45.8 Å². The Bertz CT molecular complexity index is 527. The van der Waals surface area contributed by atoms with Gasteiger partial charge >= 0.3 is 0 Å². The summed E-state index contributed by atoms with van der Waals surface area (Å²) >= 11 is 17.2. The van der Waals surface area contributed by atoms with Crippen molar-refractivity contribution in [2.24, 2.45) is 5.73 Å². The van der Waals surface area contributed by atoms with E-state index in [1.807, 2.05) is 11.4 Å². The second-order valence-electron chi connectivity index (χ2n) is 3.71. The molecule has 0 aliphatic rings. The van der Waals surface area contributed by atoms with Gasteiger partial charge in [0.15, 0.2) is 0 Å². The molecule has 0 saturated heterocycles. The molecule has 2 rings (SSSR count). The van der Waals surface area contributed by atoms with Crippen LogP contribution >= 0.6 is 50.5 Å². The van der Waals surface area contributed by atoms with Crippen molar-refractivity contribution in [2.75, 3.05) is 0 Å². The summed E-state index contributed by atoms with van der Waals surface area (Å²) in [4.78, 5) is 1.22. The van der Waals surface area contributed by atoms with E-state index in [9.17, 15) is 0 Å². The van der Waals surface area contributed by atoms with Crippen LogP contribution in [0.2, 0.25) is 10.0 Å². The maximum absolute atomic E-state index is 6.15. The lowest BCUT2D eigenvalue weighted by Gasteiger charge is -2.13. The van der Waals surface area contributed by atoms with Gasteiger partial charge in [0.1, 0.15) is 0 Å². The molecule has 2 aromatic rings. The molecule has 1 aromatic heterocycles. The van der Waals surface area contributed by atoms with E-state index >= 15 is 0 Å². The molecular weight excluding hydrogens is 341 g/mol. The Balaban J connectivity index is 2.19. The van der Waals surface area contributed by atoms with E-state index in [1.165, 1.54) is 4.88 Å². The third-order valence-electron chi connectivity index (χ3n) is 2.40. The first kappa shape index (κ1) is 13.4. The Morgan fingerprint density at radius 1 is 1.29 bits per heavy atom. The van der Waals surface area contributed by atoms with Crippen LogP contribution in [0.1, 0.15) is 16.5 Å². The van der Waals surface area contributed by atoms with Gasteiger partial charge in [-0.2, -0.15) is 0 Å². The second kappa shape index (κ2) is 5.72. The van der Waals surface area contributed by atoms with Gasteiger partial charge in [0.05, 0.1) is 0 Å². The van der Waals surface area contributed by atoms with Crippen molar-refractivity contribution < 1.29 is 0 Å². The quantitative estimate of drug-likeness (QED) is 0.822. The maximum Gasteiger partial charge on any atom is 0.0454 e. The molecule has 1 heterocycles. The zero-order valence-corrected chi connectivity index (χ0v) is 12.7. The molecular formula is C12H10BrCl2NS. The summed E-state index contributed by atoms with van der Waals surface area (Å²) in [5, 5.41) is 3.37. The molecule has 90 valence electrons. The normalized spacial score (nSPS) is 12.7. The fraction of sp³-hybridized carbons (Fsp3) is 0.167. The highest BCUT2D eigenvalue weighted by atomic mass is 79.9. The van der Waals surface area contributed by atoms with Crippen molar-refractivity contribution in [2.45, 2.75) is 12.5 Å². The lowest BCUT2D eigenvalue weighted by molar-refractivity contribution is 0.730. The first-order valence-corrected chi connectivity index (χ1v) is 7.42. The summed E-state index contributed by atoms with van der Waals surface area (Å²) in [6.07, 6.45) is 0.760. The summed E-state index contributed by atoms with van der Waals surface area (Å²) in [6, 6.07) is 7.32. The molecule has 0 fully saturated rings. The van der Waals surface area contributed by atoms with E-state index in [0.29, 0.717) is 10.0 Å². The van der Waals surface area contributed by atoms with Gasteiger partial charge in [-0.25, -0.2) is 0 Å². The molecule has 0 bridgehead atoms. The van der Waals surface area contributed by atoms with Crippen molar-refractivity contribution in [3.8, 4) is 0 Å². The van der Waals surface area contributed by atoms with Crippen LogP contribution in [0.15, 0.2) is 34.1 Å². The summed E-state index contributed by atoms with van der Waals surface area (Å²) in [5.41, 5.74) is 7.05. The zero-order valence-electron chi connectivity index (χ0n) is 8.79. The number of rotatable bonds is 3. The largest absolute Gasteiger partial charge is 0.324 e. The molecule has 1 atom stereocenters. The lowest BCUT2D eigenvalue weighted by atomic mass is 10.0. The summed E-state index contributed by atoms with van der Waals surface area (Å²) < 4.78 is 1.09. The van der Waals surface area contributed by atoms with Crippen LogP contribution in [-0.2, 0) is 6.42 Å². The fourth-order valence-corrected chi connectivity index (χ4v) is 3.54. The van der Waals surface area contributed by atoms with Crippen LogP contribution in [0, 0.1) is 0 Å². The number of hydrogen-bond donors (Lipinski definition) is 1. The monoisotopic (exact) mass is 349 g/mol. The Hall–Kier alpha value is -0.0600. The number of benzene rings is 1. The van der Waals surface area contributed by atoms with E-state index in [-0.39, 0.29) is 6.04 Å². The zero-order chi connectivity index (χ0) is 12.4. The molecule has 0 radical (unpaired) electrons. The minimum Gasteiger partial charge on any atom is -0.324 e. The second-order valence-corrected chi connectivity index (χ2v) is 6.46. The van der Waals surface area contributed by atoms with Crippen LogP contribution in [0.5, 0.6) is 0 Å². The Morgan fingerprint density at radius 2 is 2.06 bits per heavy atom. The van der Waals surface area contributed by atoms with Crippen molar-refractivity contribution in [1.29, 1.82) is 0 Å². The van der Waals surface area contributed by atoms with Gasteiger partial charge in [0, 0.05) is 37.2 Å². The van der Waals surface area contributed by atoms with Crippen LogP contribution < -0.4 is 5.73 Å². The average molecular weight is 351 g/mol. The molecule has 0 aliphatic carbocycles. The van der Waals surface area contributed by atoms with E-state index in [4.69, 9.17) is 28.9 Å². The van der Waals surface area contributed by atoms with E-state index in [0.717, 1.165) is 16.5 Å². The molecule has 1 aromatic carbocycles. The van der Waals surface area contributed by atoms with Gasteiger partial charge in [0.25, 0.3) is 0 Å². The van der Waals surface area contributed by atoms with Crippen LogP contribution in [0.3, 0.4) is 0 Å². The van der Waals surface area contributed by atoms with E-state index in [2.05, 4.69) is 22.0 Å². The topological polar surface area (TPSA) is 26.0 Å². The van der Waals surface area contributed by atoms with Crippen molar-refractivity contribution in [1.82, 2.24) is 0 Å². The molecule has 0 aliphatic heterocycles. The predicted octanol–water partition coefficient (Wildman–Crippen LogP) is 5.06.